The highest BCUT2D eigenvalue weighted by Crippen LogP contribution is 2.27. The summed E-state index contributed by atoms with van der Waals surface area (Å²) in [5.74, 6) is 0.514. The maximum atomic E-state index is 12.9. The predicted molar refractivity (Wildman–Crippen MR) is 107 cm³/mol. The molecule has 2 heterocycles. The molecule has 0 radical (unpaired) electrons. The molecule has 0 spiro atoms. The lowest BCUT2D eigenvalue weighted by molar-refractivity contribution is 0.0501. The first-order valence-electron chi connectivity index (χ1n) is 9.29. The van der Waals surface area contributed by atoms with Crippen molar-refractivity contribution in [2.45, 2.75) is 19.1 Å². The van der Waals surface area contributed by atoms with Crippen LogP contribution in [0.1, 0.15) is 21.5 Å². The van der Waals surface area contributed by atoms with Gasteiger partial charge in [0.2, 0.25) is 0 Å². The number of hydrogen-bond acceptors (Lipinski definition) is 4. The molecular weight excluding hydrogens is 408 g/mol. The zero-order chi connectivity index (χ0) is 18.8. The first kappa shape index (κ1) is 18.5. The van der Waals surface area contributed by atoms with Crippen LogP contribution in [0, 0.1) is 0 Å². The van der Waals surface area contributed by atoms with Crippen LogP contribution in [0.25, 0.3) is 0 Å². The molecule has 2 aliphatic heterocycles. The number of fused-ring (bicyclic) bond motifs is 2. The van der Waals surface area contributed by atoms with E-state index in [9.17, 15) is 9.90 Å². The van der Waals surface area contributed by atoms with Crippen LogP contribution < -0.4 is 4.74 Å². The number of amides is 1. The van der Waals surface area contributed by atoms with Crippen molar-refractivity contribution in [3.8, 4) is 5.75 Å². The minimum atomic E-state index is -0.590. The Morgan fingerprint density at radius 2 is 1.93 bits per heavy atom. The Kier molecular flexibility index (Phi) is 5.48. The summed E-state index contributed by atoms with van der Waals surface area (Å²) < 4.78 is 6.54. The van der Waals surface area contributed by atoms with E-state index in [1.807, 2.05) is 12.1 Å². The van der Waals surface area contributed by atoms with Crippen molar-refractivity contribution in [3.05, 3.63) is 63.6 Å². The lowest BCUT2D eigenvalue weighted by Crippen LogP contribution is -2.44. The van der Waals surface area contributed by atoms with Gasteiger partial charge in [-0.1, -0.05) is 40.2 Å². The Hall–Kier alpha value is -1.89. The quantitative estimate of drug-likeness (QED) is 0.809. The summed E-state index contributed by atoms with van der Waals surface area (Å²) in [6, 6.07) is 13.9. The molecule has 1 atom stereocenters. The molecule has 0 saturated heterocycles. The van der Waals surface area contributed by atoms with Gasteiger partial charge >= 0.3 is 0 Å². The van der Waals surface area contributed by atoms with E-state index in [1.165, 1.54) is 11.1 Å². The molecule has 0 bridgehead atoms. The maximum Gasteiger partial charge on any atom is 0.257 e. The lowest BCUT2D eigenvalue weighted by atomic mass is 10.00. The second kappa shape index (κ2) is 8.00. The molecule has 1 amide bonds. The second-order valence-electron chi connectivity index (χ2n) is 7.15. The lowest BCUT2D eigenvalue weighted by Gasteiger charge is -2.32. The summed E-state index contributed by atoms with van der Waals surface area (Å²) in [7, 11) is 0. The normalized spacial score (nSPS) is 18.3. The summed E-state index contributed by atoms with van der Waals surface area (Å²) >= 11 is 3.41. The minimum absolute atomic E-state index is 0.0909. The number of aliphatic hydroxyl groups is 1. The Bertz CT molecular complexity index is 842. The van der Waals surface area contributed by atoms with E-state index in [-0.39, 0.29) is 5.91 Å². The van der Waals surface area contributed by atoms with Crippen molar-refractivity contribution in [1.82, 2.24) is 9.80 Å². The van der Waals surface area contributed by atoms with Crippen molar-refractivity contribution >= 4 is 21.8 Å². The summed E-state index contributed by atoms with van der Waals surface area (Å²) in [4.78, 5) is 16.8. The third-order valence-corrected chi connectivity index (χ3v) is 5.68. The molecule has 0 aliphatic carbocycles. The van der Waals surface area contributed by atoms with Gasteiger partial charge in [0.15, 0.2) is 0 Å². The highest BCUT2D eigenvalue weighted by Gasteiger charge is 2.26. The standard InChI is InChI=1S/C21H23BrN2O3/c22-17-5-6-20-19(11-17)21(26)24(9-10-27-20)14-18(25)13-23-8-7-15-3-1-2-4-16(15)12-23/h1-6,11,18,25H,7-10,12-14H2. The summed E-state index contributed by atoms with van der Waals surface area (Å²) in [6.07, 6.45) is 0.411. The van der Waals surface area contributed by atoms with Crippen LogP contribution in [-0.4, -0.2) is 59.7 Å². The highest BCUT2D eigenvalue weighted by molar-refractivity contribution is 9.10. The summed E-state index contributed by atoms with van der Waals surface area (Å²) in [5, 5.41) is 10.6. The average Bonchev–Trinajstić information content (AvgIpc) is 2.81. The number of aliphatic hydroxyl groups excluding tert-OH is 1. The Morgan fingerprint density at radius 1 is 1.11 bits per heavy atom. The Labute approximate surface area is 167 Å². The van der Waals surface area contributed by atoms with Gasteiger partial charge in [-0.05, 0) is 35.7 Å². The third-order valence-electron chi connectivity index (χ3n) is 5.19. The van der Waals surface area contributed by atoms with E-state index in [1.54, 1.807) is 11.0 Å². The van der Waals surface area contributed by atoms with Gasteiger partial charge in [0.1, 0.15) is 12.4 Å². The van der Waals surface area contributed by atoms with E-state index in [2.05, 4.69) is 45.1 Å². The van der Waals surface area contributed by atoms with Gasteiger partial charge in [0.25, 0.3) is 5.91 Å². The zero-order valence-corrected chi connectivity index (χ0v) is 16.7. The van der Waals surface area contributed by atoms with Crippen molar-refractivity contribution in [3.63, 3.8) is 0 Å². The van der Waals surface area contributed by atoms with Crippen LogP contribution in [0.15, 0.2) is 46.9 Å². The van der Waals surface area contributed by atoms with Crippen LogP contribution in [0.3, 0.4) is 0 Å². The topological polar surface area (TPSA) is 53.0 Å². The van der Waals surface area contributed by atoms with E-state index in [0.717, 1.165) is 24.0 Å². The largest absolute Gasteiger partial charge is 0.491 e. The zero-order valence-electron chi connectivity index (χ0n) is 15.1. The van der Waals surface area contributed by atoms with Crippen LogP contribution in [0.5, 0.6) is 5.75 Å². The number of nitrogens with zero attached hydrogens (tertiary/aromatic N) is 2. The molecule has 2 aromatic carbocycles. The number of hydrogen-bond donors (Lipinski definition) is 1. The SMILES string of the molecule is O=C1c2cc(Br)ccc2OCCN1CC(O)CN1CCc2ccccc2C1. The molecule has 0 fully saturated rings. The molecule has 5 nitrogen and oxygen atoms in total. The number of carbonyl (C=O) groups excluding carboxylic acids is 1. The van der Waals surface area contributed by atoms with Gasteiger partial charge in [-0.25, -0.2) is 0 Å². The molecule has 0 aromatic heterocycles. The average molecular weight is 431 g/mol. The Morgan fingerprint density at radius 3 is 2.78 bits per heavy atom. The predicted octanol–water partition coefficient (Wildman–Crippen LogP) is 2.70. The van der Waals surface area contributed by atoms with Crippen LogP contribution in [-0.2, 0) is 13.0 Å². The van der Waals surface area contributed by atoms with Crippen LogP contribution in [0.4, 0.5) is 0 Å². The van der Waals surface area contributed by atoms with E-state index >= 15 is 0 Å². The molecule has 4 rings (SSSR count). The second-order valence-corrected chi connectivity index (χ2v) is 8.06. The molecule has 6 heteroatoms. The first-order valence-corrected chi connectivity index (χ1v) is 10.1. The van der Waals surface area contributed by atoms with E-state index in [4.69, 9.17) is 4.74 Å². The van der Waals surface area contributed by atoms with Crippen molar-refractivity contribution in [1.29, 1.82) is 0 Å². The van der Waals surface area contributed by atoms with Crippen LogP contribution in [0.2, 0.25) is 0 Å². The van der Waals surface area contributed by atoms with Gasteiger partial charge in [0, 0.05) is 30.7 Å². The molecule has 1 N–H and O–H groups in total. The first-order chi connectivity index (χ1) is 13.1. The Balaban J connectivity index is 1.39. The van der Waals surface area contributed by atoms with E-state index < -0.39 is 6.10 Å². The molecule has 27 heavy (non-hydrogen) atoms. The number of ether oxygens (including phenoxy) is 1. The fourth-order valence-electron chi connectivity index (χ4n) is 3.83. The van der Waals surface area contributed by atoms with Gasteiger partial charge in [-0.3, -0.25) is 9.69 Å². The van der Waals surface area contributed by atoms with Crippen LogP contribution >= 0.6 is 15.9 Å². The highest BCUT2D eigenvalue weighted by atomic mass is 79.9. The fraction of sp³-hybridized carbons (Fsp3) is 0.381. The molecule has 0 saturated carbocycles. The smallest absolute Gasteiger partial charge is 0.257 e. The summed E-state index contributed by atoms with van der Waals surface area (Å²) in [6.45, 7) is 3.56. The number of β-amino-alcohol motifs (C(OH)–C–C–N with tert-alkyl or cyclic N) is 1. The molecular formula is C21H23BrN2O3. The van der Waals surface area contributed by atoms with Gasteiger partial charge in [0.05, 0.1) is 18.2 Å². The van der Waals surface area contributed by atoms with Gasteiger partial charge in [-0.15, -0.1) is 0 Å². The van der Waals surface area contributed by atoms with Gasteiger partial charge < -0.3 is 14.7 Å². The van der Waals surface area contributed by atoms with Gasteiger partial charge in [-0.2, -0.15) is 0 Å². The van der Waals surface area contributed by atoms with Crippen molar-refractivity contribution in [2.24, 2.45) is 0 Å². The number of carbonyl (C=O) groups is 1. The molecule has 142 valence electrons. The molecule has 2 aliphatic rings. The maximum absolute atomic E-state index is 12.9. The fourth-order valence-corrected chi connectivity index (χ4v) is 4.19. The van der Waals surface area contributed by atoms with E-state index in [0.29, 0.717) is 37.6 Å². The van der Waals surface area contributed by atoms with Crippen molar-refractivity contribution in [2.75, 3.05) is 32.8 Å². The monoisotopic (exact) mass is 430 g/mol. The minimum Gasteiger partial charge on any atom is -0.491 e. The summed E-state index contributed by atoms with van der Waals surface area (Å²) in [5.41, 5.74) is 3.26. The third kappa shape index (κ3) is 4.18. The number of benzene rings is 2. The molecule has 2 aromatic rings. The molecule has 1 unspecified atom stereocenters. The number of halogens is 1. The van der Waals surface area contributed by atoms with Crippen molar-refractivity contribution < 1.29 is 14.6 Å². The number of rotatable bonds is 4.